The summed E-state index contributed by atoms with van der Waals surface area (Å²) in [5.74, 6) is 0.999. The van der Waals surface area contributed by atoms with E-state index in [4.69, 9.17) is 14.8 Å². The van der Waals surface area contributed by atoms with Crippen LogP contribution in [0.5, 0.6) is 5.75 Å². The number of hydrogen-bond donors (Lipinski definition) is 1. The number of carbonyl (C=O) groups is 1. The van der Waals surface area contributed by atoms with Crippen molar-refractivity contribution >= 4 is 5.97 Å². The lowest BCUT2D eigenvalue weighted by Crippen LogP contribution is -2.07. The Balaban J connectivity index is 1.43. The average Bonchev–Trinajstić information content (AvgIpc) is 3.17. The Hall–Kier alpha value is -3.86. The van der Waals surface area contributed by atoms with E-state index in [1.54, 1.807) is 0 Å². The van der Waals surface area contributed by atoms with Crippen LogP contribution in [-0.4, -0.2) is 27.2 Å². The van der Waals surface area contributed by atoms with Crippen molar-refractivity contribution in [2.24, 2.45) is 7.05 Å². The van der Waals surface area contributed by atoms with Gasteiger partial charge in [-0.3, -0.25) is 4.79 Å². The number of aryl methyl sites for hydroxylation is 5. The Kier molecular flexibility index (Phi) is 8.12. The largest absolute Gasteiger partial charge is 0.493 e. The lowest BCUT2D eigenvalue weighted by atomic mass is 9.99. The molecule has 0 atom stereocenters. The fourth-order valence-electron chi connectivity index (χ4n) is 4.78. The number of aromatic nitrogens is 2. The van der Waals surface area contributed by atoms with Gasteiger partial charge in [0.15, 0.2) is 0 Å². The summed E-state index contributed by atoms with van der Waals surface area (Å²) in [4.78, 5) is 15.8. The minimum atomic E-state index is -0.773. The molecule has 5 nitrogen and oxygen atoms in total. The smallest absolute Gasteiger partial charge is 0.303 e. The highest BCUT2D eigenvalue weighted by molar-refractivity contribution is 5.69. The second-order valence-electron chi connectivity index (χ2n) is 9.68. The van der Waals surface area contributed by atoms with Crippen molar-refractivity contribution in [3.05, 3.63) is 94.3 Å². The molecule has 5 heteroatoms. The number of nitrogens with zero attached hydrogens (tertiary/aromatic N) is 2. The van der Waals surface area contributed by atoms with Crippen LogP contribution in [-0.2, 0) is 31.1 Å². The Bertz CT molecular complexity index is 1400. The van der Waals surface area contributed by atoms with E-state index >= 15 is 0 Å². The van der Waals surface area contributed by atoms with Crippen LogP contribution in [0.25, 0.3) is 22.5 Å². The summed E-state index contributed by atoms with van der Waals surface area (Å²) in [5.41, 5.74) is 10.5. The molecule has 0 radical (unpaired) electrons. The Morgan fingerprint density at radius 2 is 1.57 bits per heavy atom. The van der Waals surface area contributed by atoms with Crippen molar-refractivity contribution in [1.29, 1.82) is 0 Å². The van der Waals surface area contributed by atoms with Crippen molar-refractivity contribution in [2.75, 3.05) is 6.61 Å². The minimum Gasteiger partial charge on any atom is -0.493 e. The maximum Gasteiger partial charge on any atom is 0.303 e. The molecule has 0 amide bonds. The molecule has 37 heavy (non-hydrogen) atoms. The van der Waals surface area contributed by atoms with Gasteiger partial charge in [0.2, 0.25) is 0 Å². The van der Waals surface area contributed by atoms with Crippen molar-refractivity contribution < 1.29 is 14.6 Å². The maximum absolute atomic E-state index is 10.9. The zero-order valence-electron chi connectivity index (χ0n) is 22.5. The van der Waals surface area contributed by atoms with Crippen molar-refractivity contribution in [3.63, 3.8) is 0 Å². The highest BCUT2D eigenvalue weighted by Gasteiger charge is 2.14. The Morgan fingerprint density at radius 3 is 2.24 bits per heavy atom. The number of rotatable bonds is 10. The van der Waals surface area contributed by atoms with Gasteiger partial charge in [-0.05, 0) is 79.1 Å². The van der Waals surface area contributed by atoms with Gasteiger partial charge in [-0.25, -0.2) is 4.98 Å². The maximum atomic E-state index is 10.9. The highest BCUT2D eigenvalue weighted by atomic mass is 16.5. The number of carboxylic acids is 1. The molecular weight excluding hydrogens is 460 g/mol. The molecule has 1 aromatic heterocycles. The summed E-state index contributed by atoms with van der Waals surface area (Å²) in [5, 5.41) is 8.98. The van der Waals surface area contributed by atoms with Crippen LogP contribution in [0.3, 0.4) is 0 Å². The van der Waals surface area contributed by atoms with E-state index in [2.05, 4.69) is 81.8 Å². The summed E-state index contributed by atoms with van der Waals surface area (Å²) in [6.07, 6.45) is 2.28. The lowest BCUT2D eigenvalue weighted by Gasteiger charge is -2.12. The van der Waals surface area contributed by atoms with E-state index in [-0.39, 0.29) is 6.42 Å². The van der Waals surface area contributed by atoms with Gasteiger partial charge < -0.3 is 14.4 Å². The molecule has 0 aliphatic heterocycles. The van der Waals surface area contributed by atoms with Crippen LogP contribution < -0.4 is 4.74 Å². The van der Waals surface area contributed by atoms with Gasteiger partial charge in [0.1, 0.15) is 11.6 Å². The normalized spacial score (nSPS) is 11.1. The Morgan fingerprint density at radius 1 is 0.865 bits per heavy atom. The zero-order valence-corrected chi connectivity index (χ0v) is 22.5. The van der Waals surface area contributed by atoms with Gasteiger partial charge in [-0.2, -0.15) is 0 Å². The first-order chi connectivity index (χ1) is 17.8. The summed E-state index contributed by atoms with van der Waals surface area (Å²) in [7, 11) is 2.06. The summed E-state index contributed by atoms with van der Waals surface area (Å²) in [6, 6.07) is 21.2. The highest BCUT2D eigenvalue weighted by Crippen LogP contribution is 2.27. The molecule has 192 valence electrons. The molecule has 1 N–H and O–H groups in total. The van der Waals surface area contributed by atoms with Crippen LogP contribution in [0.1, 0.15) is 47.0 Å². The lowest BCUT2D eigenvalue weighted by molar-refractivity contribution is -0.136. The molecule has 0 spiro atoms. The fraction of sp³-hybridized carbons (Fsp3) is 0.312. The van der Waals surface area contributed by atoms with E-state index in [0.717, 1.165) is 52.5 Å². The van der Waals surface area contributed by atoms with E-state index in [0.29, 0.717) is 13.0 Å². The molecule has 4 rings (SSSR count). The first kappa shape index (κ1) is 26.2. The predicted molar refractivity (Wildman–Crippen MR) is 149 cm³/mol. The van der Waals surface area contributed by atoms with Crippen molar-refractivity contribution in [2.45, 2.75) is 53.4 Å². The predicted octanol–water partition coefficient (Wildman–Crippen LogP) is 6.88. The standard InChI is InChI=1S/C32H36N2O3/c1-6-24-20-29(15-13-25(24)14-16-31(35)36)37-18-17-30-23(4)33-32(34(30)5)27-11-9-26(10-12-27)28-8-7-21(2)22(3)19-28/h7-13,15,19-20H,6,14,16-18H2,1-5H3,(H,35,36). The van der Waals surface area contributed by atoms with Crippen LogP contribution in [0.2, 0.25) is 0 Å². The summed E-state index contributed by atoms with van der Waals surface area (Å²) in [6.45, 7) is 8.96. The number of benzene rings is 3. The molecule has 0 bridgehead atoms. The molecular formula is C32H36N2O3. The van der Waals surface area contributed by atoms with E-state index in [1.165, 1.54) is 22.3 Å². The van der Waals surface area contributed by atoms with Crippen molar-refractivity contribution in [1.82, 2.24) is 9.55 Å². The first-order valence-electron chi connectivity index (χ1n) is 12.9. The number of hydrogen-bond acceptors (Lipinski definition) is 3. The van der Waals surface area contributed by atoms with Gasteiger partial charge in [0, 0.05) is 31.1 Å². The molecule has 4 aromatic rings. The van der Waals surface area contributed by atoms with Gasteiger partial charge >= 0.3 is 5.97 Å². The second kappa shape index (κ2) is 11.5. The average molecular weight is 497 g/mol. The van der Waals surface area contributed by atoms with Gasteiger partial charge in [0.05, 0.1) is 12.3 Å². The monoisotopic (exact) mass is 496 g/mol. The topological polar surface area (TPSA) is 64.4 Å². The van der Waals surface area contributed by atoms with E-state index in [1.807, 2.05) is 18.2 Å². The van der Waals surface area contributed by atoms with Crippen LogP contribution in [0, 0.1) is 20.8 Å². The number of carboxylic acid groups (broad SMARTS) is 1. The molecule has 0 saturated carbocycles. The summed E-state index contributed by atoms with van der Waals surface area (Å²) < 4.78 is 8.25. The molecule has 0 saturated heterocycles. The molecule has 0 aliphatic rings. The zero-order chi connectivity index (χ0) is 26.5. The number of aliphatic carboxylic acids is 1. The SMILES string of the molecule is CCc1cc(OCCc2c(C)nc(-c3ccc(-c4ccc(C)c(C)c4)cc3)n2C)ccc1CCC(=O)O. The molecule has 1 heterocycles. The number of imidazole rings is 1. The van der Waals surface area contributed by atoms with Gasteiger partial charge in [0.25, 0.3) is 0 Å². The third-order valence-corrected chi connectivity index (χ3v) is 7.17. The number of ether oxygens (including phenoxy) is 1. The van der Waals surface area contributed by atoms with Crippen molar-refractivity contribution in [3.8, 4) is 28.3 Å². The minimum absolute atomic E-state index is 0.143. The molecule has 3 aromatic carbocycles. The van der Waals surface area contributed by atoms with E-state index < -0.39 is 5.97 Å². The second-order valence-corrected chi connectivity index (χ2v) is 9.68. The Labute approximate surface area is 219 Å². The first-order valence-corrected chi connectivity index (χ1v) is 12.9. The van der Waals surface area contributed by atoms with Crippen LogP contribution in [0.15, 0.2) is 60.7 Å². The van der Waals surface area contributed by atoms with E-state index in [9.17, 15) is 4.79 Å². The third kappa shape index (κ3) is 6.11. The van der Waals surface area contributed by atoms with Gasteiger partial charge in [-0.1, -0.05) is 55.5 Å². The quantitative estimate of drug-likeness (QED) is 0.260. The van der Waals surface area contributed by atoms with Crippen LogP contribution >= 0.6 is 0 Å². The third-order valence-electron chi connectivity index (χ3n) is 7.17. The van der Waals surface area contributed by atoms with Crippen LogP contribution in [0.4, 0.5) is 0 Å². The fourth-order valence-corrected chi connectivity index (χ4v) is 4.78. The molecule has 0 unspecified atom stereocenters. The molecule has 0 fully saturated rings. The summed E-state index contributed by atoms with van der Waals surface area (Å²) >= 11 is 0. The molecule has 0 aliphatic carbocycles. The van der Waals surface area contributed by atoms with Gasteiger partial charge in [-0.15, -0.1) is 0 Å².